The second-order valence-corrected chi connectivity index (χ2v) is 5.33. The molecular formula is C11H21NO. The van der Waals surface area contributed by atoms with E-state index in [-0.39, 0.29) is 16.9 Å². The number of rotatable bonds is 3. The zero-order chi connectivity index (χ0) is 9.53. The minimum absolute atomic E-state index is 0.110. The number of hydrogen-bond acceptors (Lipinski definition) is 2. The van der Waals surface area contributed by atoms with Crippen molar-refractivity contribution in [2.24, 2.45) is 16.6 Å². The molecule has 0 saturated heterocycles. The molecule has 3 N–H and O–H groups in total. The van der Waals surface area contributed by atoms with Gasteiger partial charge in [0, 0.05) is 12.0 Å². The van der Waals surface area contributed by atoms with Gasteiger partial charge in [0.2, 0.25) is 0 Å². The Kier molecular flexibility index (Phi) is 2.16. The Bertz CT molecular complexity index is 192. The van der Waals surface area contributed by atoms with Gasteiger partial charge in [-0.1, -0.05) is 19.8 Å². The molecule has 0 bridgehead atoms. The molecule has 2 aliphatic rings. The lowest BCUT2D eigenvalue weighted by molar-refractivity contribution is -0.0143. The maximum Gasteiger partial charge on any atom is 0.0661 e. The van der Waals surface area contributed by atoms with E-state index in [0.29, 0.717) is 6.54 Å². The van der Waals surface area contributed by atoms with Gasteiger partial charge < -0.3 is 10.8 Å². The Morgan fingerprint density at radius 1 is 1.23 bits per heavy atom. The molecule has 0 aromatic rings. The maximum atomic E-state index is 10.3. The molecule has 0 amide bonds. The average molecular weight is 183 g/mol. The number of aliphatic hydroxyl groups excluding tert-OH is 1. The van der Waals surface area contributed by atoms with Crippen LogP contribution >= 0.6 is 0 Å². The van der Waals surface area contributed by atoms with Gasteiger partial charge in [-0.25, -0.2) is 0 Å². The van der Waals surface area contributed by atoms with Crippen LogP contribution in [0.3, 0.4) is 0 Å². The van der Waals surface area contributed by atoms with Crippen LogP contribution in [0.4, 0.5) is 0 Å². The third-order valence-electron chi connectivity index (χ3n) is 4.28. The lowest BCUT2D eigenvalue weighted by atomic mass is 9.75. The van der Waals surface area contributed by atoms with Crippen molar-refractivity contribution in [2.45, 2.75) is 51.6 Å². The summed E-state index contributed by atoms with van der Waals surface area (Å²) in [7, 11) is 0. The van der Waals surface area contributed by atoms with E-state index in [1.165, 1.54) is 25.7 Å². The third-order valence-corrected chi connectivity index (χ3v) is 4.28. The molecular weight excluding hydrogens is 162 g/mol. The van der Waals surface area contributed by atoms with Crippen LogP contribution < -0.4 is 5.73 Å². The van der Waals surface area contributed by atoms with Gasteiger partial charge >= 0.3 is 0 Å². The molecule has 2 saturated carbocycles. The van der Waals surface area contributed by atoms with Gasteiger partial charge in [0.15, 0.2) is 0 Å². The standard InChI is InChI=1S/C11H21NO/c1-10(4-2-3-5-10)9(13)11(8-12)6-7-11/h9,13H,2-8,12H2,1H3. The molecule has 2 aliphatic carbocycles. The van der Waals surface area contributed by atoms with Crippen molar-refractivity contribution in [1.82, 2.24) is 0 Å². The van der Waals surface area contributed by atoms with Crippen molar-refractivity contribution in [3.8, 4) is 0 Å². The Morgan fingerprint density at radius 3 is 2.15 bits per heavy atom. The molecule has 1 unspecified atom stereocenters. The van der Waals surface area contributed by atoms with E-state index in [1.54, 1.807) is 0 Å². The van der Waals surface area contributed by atoms with Crippen LogP contribution in [0.1, 0.15) is 45.4 Å². The Balaban J connectivity index is 2.07. The number of hydrogen-bond donors (Lipinski definition) is 2. The first kappa shape index (κ1) is 9.47. The molecule has 0 aliphatic heterocycles. The van der Waals surface area contributed by atoms with Gasteiger partial charge in [-0.15, -0.1) is 0 Å². The monoisotopic (exact) mass is 183 g/mol. The van der Waals surface area contributed by atoms with E-state index >= 15 is 0 Å². The predicted octanol–water partition coefficient (Wildman–Crippen LogP) is 1.67. The van der Waals surface area contributed by atoms with E-state index in [9.17, 15) is 5.11 Å². The summed E-state index contributed by atoms with van der Waals surface area (Å²) >= 11 is 0. The van der Waals surface area contributed by atoms with E-state index < -0.39 is 0 Å². The quantitative estimate of drug-likeness (QED) is 0.699. The van der Waals surface area contributed by atoms with Crippen LogP contribution in [0, 0.1) is 10.8 Å². The molecule has 0 spiro atoms. The SMILES string of the molecule is CC1(C(O)C2(CN)CC2)CCCC1. The van der Waals surface area contributed by atoms with Crippen molar-refractivity contribution in [1.29, 1.82) is 0 Å². The molecule has 2 nitrogen and oxygen atoms in total. The Morgan fingerprint density at radius 2 is 1.77 bits per heavy atom. The summed E-state index contributed by atoms with van der Waals surface area (Å²) in [5.74, 6) is 0. The molecule has 76 valence electrons. The zero-order valence-electron chi connectivity index (χ0n) is 8.55. The molecule has 2 heteroatoms. The summed E-state index contributed by atoms with van der Waals surface area (Å²) in [6.07, 6.45) is 7.09. The highest BCUT2D eigenvalue weighted by atomic mass is 16.3. The minimum atomic E-state index is -0.146. The second-order valence-electron chi connectivity index (χ2n) is 5.33. The van der Waals surface area contributed by atoms with Crippen molar-refractivity contribution in [3.63, 3.8) is 0 Å². The molecule has 0 radical (unpaired) electrons. The summed E-state index contributed by atoms with van der Waals surface area (Å²) in [6.45, 7) is 2.91. The molecule has 13 heavy (non-hydrogen) atoms. The molecule has 0 aromatic heterocycles. The highest BCUT2D eigenvalue weighted by Crippen LogP contribution is 2.56. The predicted molar refractivity (Wildman–Crippen MR) is 53.3 cm³/mol. The lowest BCUT2D eigenvalue weighted by Crippen LogP contribution is -2.41. The highest BCUT2D eigenvalue weighted by Gasteiger charge is 2.54. The van der Waals surface area contributed by atoms with Crippen molar-refractivity contribution < 1.29 is 5.11 Å². The van der Waals surface area contributed by atoms with E-state index in [4.69, 9.17) is 5.73 Å². The van der Waals surface area contributed by atoms with Crippen LogP contribution in [0.2, 0.25) is 0 Å². The minimum Gasteiger partial charge on any atom is -0.392 e. The van der Waals surface area contributed by atoms with Crippen LogP contribution in [-0.4, -0.2) is 17.8 Å². The van der Waals surface area contributed by atoms with Gasteiger partial charge in [0.1, 0.15) is 0 Å². The molecule has 0 aromatic carbocycles. The number of nitrogens with two attached hydrogens (primary N) is 1. The molecule has 2 rings (SSSR count). The van der Waals surface area contributed by atoms with Crippen LogP contribution in [0.5, 0.6) is 0 Å². The van der Waals surface area contributed by atoms with E-state index in [0.717, 1.165) is 12.8 Å². The topological polar surface area (TPSA) is 46.2 Å². The second kappa shape index (κ2) is 2.96. The van der Waals surface area contributed by atoms with Gasteiger partial charge in [-0.05, 0) is 31.1 Å². The van der Waals surface area contributed by atoms with Crippen molar-refractivity contribution >= 4 is 0 Å². The third kappa shape index (κ3) is 1.40. The van der Waals surface area contributed by atoms with Crippen molar-refractivity contribution in [2.75, 3.05) is 6.54 Å². The normalized spacial score (nSPS) is 31.6. The number of aliphatic hydroxyl groups is 1. The summed E-state index contributed by atoms with van der Waals surface area (Å²) in [4.78, 5) is 0. The van der Waals surface area contributed by atoms with E-state index in [1.807, 2.05) is 0 Å². The highest BCUT2D eigenvalue weighted by molar-refractivity contribution is 5.06. The Labute approximate surface area is 80.5 Å². The average Bonchev–Trinajstić information content (AvgIpc) is 2.82. The van der Waals surface area contributed by atoms with Gasteiger partial charge in [0.05, 0.1) is 6.10 Å². The fourth-order valence-corrected chi connectivity index (χ4v) is 2.95. The lowest BCUT2D eigenvalue weighted by Gasteiger charge is -2.35. The summed E-state index contributed by atoms with van der Waals surface area (Å²) < 4.78 is 0. The van der Waals surface area contributed by atoms with Crippen LogP contribution in [0.25, 0.3) is 0 Å². The van der Waals surface area contributed by atoms with Gasteiger partial charge in [-0.2, -0.15) is 0 Å². The molecule has 0 heterocycles. The summed E-state index contributed by atoms with van der Waals surface area (Å²) in [5.41, 5.74) is 6.02. The van der Waals surface area contributed by atoms with Crippen LogP contribution in [-0.2, 0) is 0 Å². The Hall–Kier alpha value is -0.0800. The smallest absolute Gasteiger partial charge is 0.0661 e. The van der Waals surface area contributed by atoms with Gasteiger partial charge in [-0.3, -0.25) is 0 Å². The van der Waals surface area contributed by atoms with E-state index in [2.05, 4.69) is 6.92 Å². The summed E-state index contributed by atoms with van der Waals surface area (Å²) in [5, 5.41) is 10.3. The molecule has 1 atom stereocenters. The van der Waals surface area contributed by atoms with Gasteiger partial charge in [0.25, 0.3) is 0 Å². The summed E-state index contributed by atoms with van der Waals surface area (Å²) in [6, 6.07) is 0. The maximum absolute atomic E-state index is 10.3. The largest absolute Gasteiger partial charge is 0.392 e. The first-order valence-electron chi connectivity index (χ1n) is 5.51. The fourth-order valence-electron chi connectivity index (χ4n) is 2.95. The first-order chi connectivity index (χ1) is 6.13. The van der Waals surface area contributed by atoms with Crippen molar-refractivity contribution in [3.05, 3.63) is 0 Å². The fraction of sp³-hybridized carbons (Fsp3) is 1.00. The first-order valence-corrected chi connectivity index (χ1v) is 5.51. The zero-order valence-corrected chi connectivity index (χ0v) is 8.55. The van der Waals surface area contributed by atoms with Crippen LogP contribution in [0.15, 0.2) is 0 Å². The molecule has 2 fully saturated rings.